The molecule has 1 saturated heterocycles. The number of carbonyl (C=O) groups is 3. The number of ether oxygens (including phenoxy) is 1. The van der Waals surface area contributed by atoms with Crippen molar-refractivity contribution in [3.63, 3.8) is 0 Å². The van der Waals surface area contributed by atoms with Gasteiger partial charge in [0.25, 0.3) is 5.82 Å². The van der Waals surface area contributed by atoms with Gasteiger partial charge in [0.15, 0.2) is 5.58 Å². The minimum Gasteiger partial charge on any atom is -0.545 e. The van der Waals surface area contributed by atoms with Crippen molar-refractivity contribution in [2.24, 2.45) is 5.73 Å². The van der Waals surface area contributed by atoms with Crippen LogP contribution in [0.15, 0.2) is 34.9 Å². The largest absolute Gasteiger partial charge is 0.545 e. The molecule has 2 N–H and O–H groups in total. The van der Waals surface area contributed by atoms with E-state index in [2.05, 4.69) is 12.1 Å². The number of nitrogens with two attached hydrogens (primary N) is 1. The lowest BCUT2D eigenvalue weighted by atomic mass is 10.1. The molecule has 1 aliphatic heterocycles. The molecular formula is C28H40FN3O6. The zero-order chi connectivity index (χ0) is 27.8. The van der Waals surface area contributed by atoms with Crippen LogP contribution < -0.4 is 15.3 Å². The highest BCUT2D eigenvalue weighted by Gasteiger charge is 2.37. The average molecular weight is 534 g/mol. The SMILES string of the molecule is CCCCCCCCCC(N)=O.O=C([O-])/C=C/C(=O)OCC[N+]1(c2noc3cc(F)ccc23)CCCCC1. The van der Waals surface area contributed by atoms with Gasteiger partial charge in [-0.25, -0.2) is 9.18 Å². The van der Waals surface area contributed by atoms with E-state index in [1.807, 2.05) is 0 Å². The molecule has 38 heavy (non-hydrogen) atoms. The Morgan fingerprint density at radius 2 is 1.76 bits per heavy atom. The number of primary amides is 1. The average Bonchev–Trinajstić information content (AvgIpc) is 3.31. The molecule has 3 rings (SSSR count). The molecule has 10 heteroatoms. The number of carbonyl (C=O) groups excluding carboxylic acids is 3. The number of quaternary nitrogens is 1. The van der Waals surface area contributed by atoms with Gasteiger partial charge in [-0.3, -0.25) is 9.28 Å². The van der Waals surface area contributed by atoms with E-state index >= 15 is 0 Å². The second-order valence-corrected chi connectivity index (χ2v) is 9.68. The zero-order valence-electron chi connectivity index (χ0n) is 22.3. The molecule has 2 aromatic rings. The first kappa shape index (κ1) is 31.0. The number of amides is 1. The molecule has 0 spiro atoms. The summed E-state index contributed by atoms with van der Waals surface area (Å²) in [6.07, 6.45) is 13.8. The van der Waals surface area contributed by atoms with Gasteiger partial charge < -0.3 is 24.9 Å². The Hall–Kier alpha value is -3.27. The number of likely N-dealkylation sites (tertiary alicyclic amines) is 1. The van der Waals surface area contributed by atoms with Crippen LogP contribution in [0.2, 0.25) is 0 Å². The predicted molar refractivity (Wildman–Crippen MR) is 141 cm³/mol. The minimum absolute atomic E-state index is 0.103. The normalized spacial score (nSPS) is 14.7. The molecule has 0 bridgehead atoms. The van der Waals surface area contributed by atoms with Gasteiger partial charge in [-0.2, -0.15) is 0 Å². The number of benzene rings is 1. The van der Waals surface area contributed by atoms with E-state index in [9.17, 15) is 23.9 Å². The van der Waals surface area contributed by atoms with Crippen molar-refractivity contribution in [3.8, 4) is 0 Å². The summed E-state index contributed by atoms with van der Waals surface area (Å²) >= 11 is 0. The van der Waals surface area contributed by atoms with Crippen LogP contribution in [0.4, 0.5) is 10.2 Å². The lowest BCUT2D eigenvalue weighted by Crippen LogP contribution is -2.55. The molecule has 1 fully saturated rings. The molecular weight excluding hydrogens is 493 g/mol. The topological polar surface area (TPSA) is 136 Å². The van der Waals surface area contributed by atoms with E-state index in [1.165, 1.54) is 44.2 Å². The first-order chi connectivity index (χ1) is 18.3. The molecule has 1 aliphatic rings. The van der Waals surface area contributed by atoms with Crippen molar-refractivity contribution in [2.75, 3.05) is 26.2 Å². The second kappa shape index (κ2) is 16.5. The second-order valence-electron chi connectivity index (χ2n) is 9.68. The summed E-state index contributed by atoms with van der Waals surface area (Å²) in [5.41, 5.74) is 5.40. The van der Waals surface area contributed by atoms with Gasteiger partial charge >= 0.3 is 5.97 Å². The van der Waals surface area contributed by atoms with E-state index in [0.29, 0.717) is 34.9 Å². The summed E-state index contributed by atoms with van der Waals surface area (Å²) in [7, 11) is 0. The molecule has 0 saturated carbocycles. The van der Waals surface area contributed by atoms with Gasteiger partial charge in [0.2, 0.25) is 5.91 Å². The van der Waals surface area contributed by atoms with Gasteiger partial charge in [0.1, 0.15) is 24.4 Å². The number of nitrogens with zero attached hydrogens (tertiary/aromatic N) is 2. The molecule has 1 amide bonds. The highest BCUT2D eigenvalue weighted by molar-refractivity contribution is 5.90. The van der Waals surface area contributed by atoms with Crippen molar-refractivity contribution >= 4 is 34.6 Å². The van der Waals surface area contributed by atoms with Crippen molar-refractivity contribution in [1.29, 1.82) is 0 Å². The van der Waals surface area contributed by atoms with Crippen molar-refractivity contribution in [3.05, 3.63) is 36.2 Å². The van der Waals surface area contributed by atoms with E-state index in [1.54, 1.807) is 6.07 Å². The number of rotatable bonds is 14. The van der Waals surface area contributed by atoms with Crippen molar-refractivity contribution in [1.82, 2.24) is 9.64 Å². The van der Waals surface area contributed by atoms with E-state index in [-0.39, 0.29) is 18.3 Å². The van der Waals surface area contributed by atoms with Gasteiger partial charge in [0, 0.05) is 18.6 Å². The fraction of sp³-hybridized carbons (Fsp3) is 0.571. The van der Waals surface area contributed by atoms with Crippen LogP contribution in [0.25, 0.3) is 11.0 Å². The Labute approximate surface area is 223 Å². The van der Waals surface area contributed by atoms with E-state index in [0.717, 1.165) is 56.7 Å². The number of carboxylic acids is 1. The first-order valence-electron chi connectivity index (χ1n) is 13.5. The summed E-state index contributed by atoms with van der Waals surface area (Å²) in [5.74, 6) is -2.04. The Bertz CT molecular complexity index is 1060. The summed E-state index contributed by atoms with van der Waals surface area (Å²) in [6, 6.07) is 4.32. The zero-order valence-corrected chi connectivity index (χ0v) is 22.3. The van der Waals surface area contributed by atoms with E-state index < -0.39 is 11.9 Å². The maximum Gasteiger partial charge on any atom is 0.331 e. The minimum atomic E-state index is -1.46. The van der Waals surface area contributed by atoms with Crippen LogP contribution in [0.1, 0.15) is 77.6 Å². The third kappa shape index (κ3) is 10.6. The van der Waals surface area contributed by atoms with Crippen LogP contribution in [0.3, 0.4) is 0 Å². The molecule has 1 aromatic carbocycles. The number of hydrogen-bond acceptors (Lipinski definition) is 7. The summed E-state index contributed by atoms with van der Waals surface area (Å²) in [4.78, 5) is 32.2. The number of aliphatic carboxylic acids is 1. The van der Waals surface area contributed by atoms with Gasteiger partial charge in [-0.05, 0) is 49.0 Å². The van der Waals surface area contributed by atoms with Crippen molar-refractivity contribution < 1.29 is 33.1 Å². The number of unbranched alkanes of at least 4 members (excludes halogenated alkanes) is 6. The highest BCUT2D eigenvalue weighted by atomic mass is 19.1. The Kier molecular flexibility index (Phi) is 13.5. The summed E-state index contributed by atoms with van der Waals surface area (Å²) < 4.78 is 24.3. The van der Waals surface area contributed by atoms with Crippen molar-refractivity contribution in [2.45, 2.75) is 77.6 Å². The molecule has 0 radical (unpaired) electrons. The maximum atomic E-state index is 13.4. The Morgan fingerprint density at radius 1 is 1.08 bits per heavy atom. The van der Waals surface area contributed by atoms with Gasteiger partial charge in [0.05, 0.1) is 19.1 Å². The van der Waals surface area contributed by atoms with E-state index in [4.69, 9.17) is 15.0 Å². The number of carboxylic acid groups (broad SMARTS) is 1. The molecule has 0 atom stereocenters. The van der Waals surface area contributed by atoms with Crippen LogP contribution in [0, 0.1) is 5.82 Å². The molecule has 9 nitrogen and oxygen atoms in total. The smallest absolute Gasteiger partial charge is 0.331 e. The van der Waals surface area contributed by atoms with Crippen LogP contribution >= 0.6 is 0 Å². The molecule has 2 heterocycles. The maximum absolute atomic E-state index is 13.4. The number of hydrogen-bond donors (Lipinski definition) is 1. The lowest BCUT2D eigenvalue weighted by molar-refractivity contribution is -0.297. The number of esters is 1. The molecule has 0 unspecified atom stereocenters. The fourth-order valence-electron chi connectivity index (χ4n) is 4.66. The standard InChI is InChI=1S/C18H19FN2O5.C10H21NO/c19-13-4-5-14-15(12-13)26-20-18(14)21(8-2-1-3-9-21)10-11-25-17(24)7-6-16(22)23;1-2-3-4-5-6-7-8-9-10(11)12/h4-7,12H,1-3,8-11H2;2-9H2,1H3,(H2,11,12)/b7-6+;. The predicted octanol–water partition coefficient (Wildman–Crippen LogP) is 3.92. The molecule has 210 valence electrons. The highest BCUT2D eigenvalue weighted by Crippen LogP contribution is 2.34. The number of aromatic nitrogens is 1. The van der Waals surface area contributed by atoms with Gasteiger partial charge in [-0.1, -0.05) is 45.4 Å². The van der Waals surface area contributed by atoms with Crippen LogP contribution in [0.5, 0.6) is 0 Å². The third-order valence-electron chi connectivity index (χ3n) is 6.68. The number of piperidine rings is 1. The molecule has 1 aromatic heterocycles. The number of halogens is 1. The third-order valence-corrected chi connectivity index (χ3v) is 6.68. The van der Waals surface area contributed by atoms with Crippen LogP contribution in [-0.2, 0) is 19.1 Å². The monoisotopic (exact) mass is 533 g/mol. The first-order valence-corrected chi connectivity index (χ1v) is 13.5. The Balaban J connectivity index is 0.000000358. The quantitative estimate of drug-likeness (QED) is 0.168. The molecule has 0 aliphatic carbocycles. The van der Waals surface area contributed by atoms with Crippen LogP contribution in [-0.4, -0.2) is 49.2 Å². The lowest BCUT2D eigenvalue weighted by Gasteiger charge is -2.38. The number of fused-ring (bicyclic) bond motifs is 1. The fourth-order valence-corrected chi connectivity index (χ4v) is 4.66. The summed E-state index contributed by atoms with van der Waals surface area (Å²) in [6.45, 7) is 4.42. The Morgan fingerprint density at radius 3 is 2.42 bits per heavy atom. The summed E-state index contributed by atoms with van der Waals surface area (Å²) in [5, 5.41) is 15.3. The van der Waals surface area contributed by atoms with Gasteiger partial charge in [-0.15, -0.1) is 0 Å².